The maximum atomic E-state index is 11.7. The minimum atomic E-state index is -0.327. The Kier molecular flexibility index (Phi) is 3.32. The van der Waals surface area contributed by atoms with E-state index in [-0.39, 0.29) is 12.1 Å². The van der Waals surface area contributed by atoms with Crippen molar-refractivity contribution in [2.45, 2.75) is 12.5 Å². The van der Waals surface area contributed by atoms with Crippen molar-refractivity contribution >= 4 is 11.8 Å². The van der Waals surface area contributed by atoms with Gasteiger partial charge in [-0.15, -0.1) is 6.58 Å². The van der Waals surface area contributed by atoms with Crippen LogP contribution < -0.4 is 9.64 Å². The van der Waals surface area contributed by atoms with Crippen molar-refractivity contribution in [3.8, 4) is 5.75 Å². The summed E-state index contributed by atoms with van der Waals surface area (Å²) in [6, 6.07) is 7.29. The molecule has 1 atom stereocenters. The van der Waals surface area contributed by atoms with Gasteiger partial charge in [0.15, 0.2) is 0 Å². The second-order valence-electron chi connectivity index (χ2n) is 3.77. The molecule has 1 unspecified atom stereocenters. The number of methoxy groups -OCH3 is 1. The van der Waals surface area contributed by atoms with Crippen LogP contribution in [-0.2, 0) is 4.74 Å². The van der Waals surface area contributed by atoms with E-state index in [9.17, 15) is 4.79 Å². The van der Waals surface area contributed by atoms with Gasteiger partial charge in [-0.05, 0) is 24.3 Å². The standard InChI is InChI=1S/C13H15NO3/c1-3-10-8-9-17-13(15)14(10)11-4-6-12(16-2)7-5-11/h3-7,10H,1,8-9H2,2H3. The van der Waals surface area contributed by atoms with Gasteiger partial charge in [0.2, 0.25) is 0 Å². The Balaban J connectivity index is 2.28. The second kappa shape index (κ2) is 4.91. The molecule has 90 valence electrons. The van der Waals surface area contributed by atoms with Gasteiger partial charge in [-0.2, -0.15) is 0 Å². The quantitative estimate of drug-likeness (QED) is 0.753. The molecule has 0 radical (unpaired) electrons. The number of carbonyl (C=O) groups excluding carboxylic acids is 1. The molecular weight excluding hydrogens is 218 g/mol. The van der Waals surface area contributed by atoms with Crippen LogP contribution in [0.15, 0.2) is 36.9 Å². The van der Waals surface area contributed by atoms with Crippen molar-refractivity contribution in [1.82, 2.24) is 0 Å². The zero-order chi connectivity index (χ0) is 12.3. The van der Waals surface area contributed by atoms with Crippen LogP contribution in [0.25, 0.3) is 0 Å². The lowest BCUT2D eigenvalue weighted by Crippen LogP contribution is -2.44. The van der Waals surface area contributed by atoms with Crippen LogP contribution in [0, 0.1) is 0 Å². The molecule has 0 saturated carbocycles. The third-order valence-electron chi connectivity index (χ3n) is 2.79. The maximum Gasteiger partial charge on any atom is 0.414 e. The van der Waals surface area contributed by atoms with Crippen molar-refractivity contribution in [2.24, 2.45) is 0 Å². The SMILES string of the molecule is C=CC1CCOC(=O)N1c1ccc(OC)cc1. The molecule has 1 aromatic rings. The smallest absolute Gasteiger partial charge is 0.414 e. The average molecular weight is 233 g/mol. The van der Waals surface area contributed by atoms with Gasteiger partial charge in [0.1, 0.15) is 5.75 Å². The molecule has 1 fully saturated rings. The van der Waals surface area contributed by atoms with E-state index in [1.54, 1.807) is 18.1 Å². The summed E-state index contributed by atoms with van der Waals surface area (Å²) in [7, 11) is 1.61. The van der Waals surface area contributed by atoms with E-state index in [2.05, 4.69) is 6.58 Å². The Morgan fingerprint density at radius 2 is 2.18 bits per heavy atom. The first-order chi connectivity index (χ1) is 8.26. The van der Waals surface area contributed by atoms with Crippen molar-refractivity contribution in [3.63, 3.8) is 0 Å². The van der Waals surface area contributed by atoms with Crippen LogP contribution >= 0.6 is 0 Å². The Labute approximate surface area is 100 Å². The fraction of sp³-hybridized carbons (Fsp3) is 0.308. The van der Waals surface area contributed by atoms with E-state index < -0.39 is 0 Å². The zero-order valence-corrected chi connectivity index (χ0v) is 9.76. The van der Waals surface area contributed by atoms with E-state index in [1.165, 1.54) is 0 Å². The topological polar surface area (TPSA) is 38.8 Å². The lowest BCUT2D eigenvalue weighted by Gasteiger charge is -2.33. The Morgan fingerprint density at radius 3 is 2.76 bits per heavy atom. The predicted molar refractivity (Wildman–Crippen MR) is 65.4 cm³/mol. The summed E-state index contributed by atoms with van der Waals surface area (Å²) in [5, 5.41) is 0. The molecule has 1 saturated heterocycles. The highest BCUT2D eigenvalue weighted by atomic mass is 16.6. The Hall–Kier alpha value is -1.97. The molecule has 0 aromatic heterocycles. The number of hydrogen-bond acceptors (Lipinski definition) is 3. The second-order valence-corrected chi connectivity index (χ2v) is 3.77. The van der Waals surface area contributed by atoms with E-state index in [4.69, 9.17) is 9.47 Å². The number of rotatable bonds is 3. The van der Waals surface area contributed by atoms with Gasteiger partial charge in [0.05, 0.1) is 19.8 Å². The van der Waals surface area contributed by atoms with Crippen molar-refractivity contribution in [3.05, 3.63) is 36.9 Å². The van der Waals surface area contributed by atoms with Gasteiger partial charge in [0.25, 0.3) is 0 Å². The highest BCUT2D eigenvalue weighted by molar-refractivity contribution is 5.89. The van der Waals surface area contributed by atoms with E-state index in [0.29, 0.717) is 6.61 Å². The average Bonchev–Trinajstić information content (AvgIpc) is 2.38. The van der Waals surface area contributed by atoms with Crippen LogP contribution in [0.3, 0.4) is 0 Å². The van der Waals surface area contributed by atoms with Gasteiger partial charge in [-0.3, -0.25) is 4.90 Å². The number of benzene rings is 1. The van der Waals surface area contributed by atoms with Gasteiger partial charge in [-0.25, -0.2) is 4.79 Å². The number of nitrogens with zero attached hydrogens (tertiary/aromatic N) is 1. The molecule has 1 heterocycles. The molecule has 1 aliphatic heterocycles. The molecule has 4 nitrogen and oxygen atoms in total. The van der Waals surface area contributed by atoms with Crippen molar-refractivity contribution in [1.29, 1.82) is 0 Å². The van der Waals surface area contributed by atoms with E-state index in [0.717, 1.165) is 17.9 Å². The van der Waals surface area contributed by atoms with E-state index in [1.807, 2.05) is 24.3 Å². The summed E-state index contributed by atoms with van der Waals surface area (Å²) in [5.74, 6) is 0.759. The molecular formula is C13H15NO3. The third-order valence-corrected chi connectivity index (χ3v) is 2.79. The van der Waals surface area contributed by atoms with E-state index >= 15 is 0 Å². The van der Waals surface area contributed by atoms with Crippen molar-refractivity contribution < 1.29 is 14.3 Å². The largest absolute Gasteiger partial charge is 0.497 e. The van der Waals surface area contributed by atoms with Crippen LogP contribution in [0.4, 0.5) is 10.5 Å². The van der Waals surface area contributed by atoms with Crippen LogP contribution in [0.5, 0.6) is 5.75 Å². The van der Waals surface area contributed by atoms with Crippen LogP contribution in [0.2, 0.25) is 0 Å². The lowest BCUT2D eigenvalue weighted by atomic mass is 10.1. The third kappa shape index (κ3) is 2.25. The van der Waals surface area contributed by atoms with Crippen LogP contribution in [-0.4, -0.2) is 25.9 Å². The van der Waals surface area contributed by atoms with Gasteiger partial charge >= 0.3 is 6.09 Å². The molecule has 1 aliphatic rings. The first kappa shape index (κ1) is 11.5. The number of ether oxygens (including phenoxy) is 2. The lowest BCUT2D eigenvalue weighted by molar-refractivity contribution is 0.134. The zero-order valence-electron chi connectivity index (χ0n) is 9.76. The number of amides is 1. The Morgan fingerprint density at radius 1 is 1.47 bits per heavy atom. The van der Waals surface area contributed by atoms with Gasteiger partial charge < -0.3 is 9.47 Å². The highest BCUT2D eigenvalue weighted by Crippen LogP contribution is 2.25. The molecule has 0 bridgehead atoms. The number of cyclic esters (lactones) is 1. The number of carbonyl (C=O) groups is 1. The molecule has 0 aliphatic carbocycles. The molecule has 1 aromatic carbocycles. The minimum absolute atomic E-state index is 0.00959. The van der Waals surface area contributed by atoms with Crippen molar-refractivity contribution in [2.75, 3.05) is 18.6 Å². The van der Waals surface area contributed by atoms with Gasteiger partial charge in [-0.1, -0.05) is 6.08 Å². The fourth-order valence-corrected chi connectivity index (χ4v) is 1.86. The summed E-state index contributed by atoms with van der Waals surface area (Å²) in [4.78, 5) is 13.4. The summed E-state index contributed by atoms with van der Waals surface area (Å²) < 4.78 is 10.1. The maximum absolute atomic E-state index is 11.7. The molecule has 2 rings (SSSR count). The summed E-state index contributed by atoms with van der Waals surface area (Å²) in [6.07, 6.45) is 2.21. The summed E-state index contributed by atoms with van der Waals surface area (Å²) >= 11 is 0. The minimum Gasteiger partial charge on any atom is -0.497 e. The normalized spacial score (nSPS) is 19.7. The monoisotopic (exact) mass is 233 g/mol. The first-order valence-corrected chi connectivity index (χ1v) is 5.49. The highest BCUT2D eigenvalue weighted by Gasteiger charge is 2.28. The summed E-state index contributed by atoms with van der Waals surface area (Å²) in [6.45, 7) is 4.20. The number of hydrogen-bond donors (Lipinski definition) is 0. The van der Waals surface area contributed by atoms with Crippen LogP contribution in [0.1, 0.15) is 6.42 Å². The summed E-state index contributed by atoms with van der Waals surface area (Å²) in [5.41, 5.74) is 0.792. The van der Waals surface area contributed by atoms with Gasteiger partial charge in [0, 0.05) is 12.1 Å². The fourth-order valence-electron chi connectivity index (χ4n) is 1.86. The molecule has 0 spiro atoms. The molecule has 4 heteroatoms. The Bertz CT molecular complexity index is 413. The molecule has 17 heavy (non-hydrogen) atoms. The molecule has 0 N–H and O–H groups in total. The number of anilines is 1. The predicted octanol–water partition coefficient (Wildman–Crippen LogP) is 2.60. The molecule has 1 amide bonds. The first-order valence-electron chi connectivity index (χ1n) is 5.49.